The van der Waals surface area contributed by atoms with E-state index in [0.29, 0.717) is 10.9 Å². The van der Waals surface area contributed by atoms with Gasteiger partial charge in [-0.05, 0) is 25.5 Å². The van der Waals surface area contributed by atoms with Gasteiger partial charge in [0.25, 0.3) is 0 Å². The fourth-order valence-corrected chi connectivity index (χ4v) is 1.94. The third kappa shape index (κ3) is 1.76. The largest absolute Gasteiger partial charge is 0.407 e. The lowest BCUT2D eigenvalue weighted by molar-refractivity contribution is 0.422. The predicted octanol–water partition coefficient (Wildman–Crippen LogP) is 2.63. The summed E-state index contributed by atoms with van der Waals surface area (Å²) in [4.78, 5) is 0. The first-order valence-electron chi connectivity index (χ1n) is 4.86. The molecule has 1 heterocycles. The van der Waals surface area contributed by atoms with E-state index >= 15 is 0 Å². The minimum Gasteiger partial charge on any atom is -0.407 e. The molecule has 0 aliphatic rings. The number of rotatable bonds is 2. The molecule has 16 heavy (non-hydrogen) atoms. The van der Waals surface area contributed by atoms with Gasteiger partial charge >= 0.3 is 6.01 Å². The summed E-state index contributed by atoms with van der Waals surface area (Å²) in [5.41, 5.74) is 5.89. The van der Waals surface area contributed by atoms with Crippen LogP contribution in [0.1, 0.15) is 25.3 Å². The summed E-state index contributed by atoms with van der Waals surface area (Å²) in [6, 6.07) is 7.63. The van der Waals surface area contributed by atoms with Crippen molar-refractivity contribution in [1.82, 2.24) is 10.2 Å². The fourth-order valence-electron chi connectivity index (χ4n) is 1.57. The van der Waals surface area contributed by atoms with E-state index in [1.54, 1.807) is 0 Å². The molecule has 0 unspecified atom stereocenters. The van der Waals surface area contributed by atoms with E-state index in [4.69, 9.17) is 21.8 Å². The molecule has 5 heteroatoms. The maximum Gasteiger partial charge on any atom is 0.312 e. The third-order valence-electron chi connectivity index (χ3n) is 2.52. The molecule has 1 aromatic carbocycles. The van der Waals surface area contributed by atoms with Crippen molar-refractivity contribution in [2.75, 3.05) is 5.73 Å². The molecular formula is C11H12ClN3O. The van der Waals surface area contributed by atoms with Gasteiger partial charge in [0.1, 0.15) is 0 Å². The zero-order chi connectivity index (χ0) is 11.8. The maximum absolute atomic E-state index is 6.14. The molecular weight excluding hydrogens is 226 g/mol. The average Bonchev–Trinajstić information content (AvgIpc) is 2.66. The van der Waals surface area contributed by atoms with E-state index in [0.717, 1.165) is 5.56 Å². The normalized spacial score (nSPS) is 11.7. The van der Waals surface area contributed by atoms with E-state index in [-0.39, 0.29) is 6.01 Å². The van der Waals surface area contributed by atoms with Crippen molar-refractivity contribution >= 4 is 17.6 Å². The number of hydrogen-bond acceptors (Lipinski definition) is 4. The number of halogens is 1. The Kier molecular flexibility index (Phi) is 2.59. The van der Waals surface area contributed by atoms with Crippen molar-refractivity contribution in [2.24, 2.45) is 0 Å². The van der Waals surface area contributed by atoms with Gasteiger partial charge in [-0.25, -0.2) is 0 Å². The highest BCUT2D eigenvalue weighted by molar-refractivity contribution is 6.31. The number of hydrogen-bond donors (Lipinski definition) is 1. The lowest BCUT2D eigenvalue weighted by Gasteiger charge is -2.21. The van der Waals surface area contributed by atoms with Crippen LogP contribution in [0.15, 0.2) is 28.7 Å². The Balaban J connectivity index is 2.50. The van der Waals surface area contributed by atoms with Crippen molar-refractivity contribution in [3.05, 3.63) is 40.7 Å². The van der Waals surface area contributed by atoms with E-state index in [1.165, 1.54) is 0 Å². The second kappa shape index (κ2) is 3.79. The fraction of sp³-hybridized carbons (Fsp3) is 0.273. The molecule has 0 saturated heterocycles. The van der Waals surface area contributed by atoms with Crippen LogP contribution in [0.4, 0.5) is 6.01 Å². The first-order chi connectivity index (χ1) is 7.51. The molecule has 0 spiro atoms. The monoisotopic (exact) mass is 237 g/mol. The Morgan fingerprint density at radius 1 is 1.25 bits per heavy atom. The number of nitrogen functional groups attached to an aromatic ring is 1. The van der Waals surface area contributed by atoms with Gasteiger partial charge in [0.15, 0.2) is 0 Å². The van der Waals surface area contributed by atoms with Crippen LogP contribution in [0.25, 0.3) is 0 Å². The first kappa shape index (κ1) is 11.0. The van der Waals surface area contributed by atoms with Crippen LogP contribution in [0, 0.1) is 0 Å². The van der Waals surface area contributed by atoms with Gasteiger partial charge in [-0.2, -0.15) is 0 Å². The maximum atomic E-state index is 6.14. The van der Waals surface area contributed by atoms with Crippen LogP contribution in [0.2, 0.25) is 5.02 Å². The SMILES string of the molecule is CC(C)(c1nnc(N)o1)c1ccccc1Cl. The van der Waals surface area contributed by atoms with Crippen LogP contribution < -0.4 is 5.73 Å². The Morgan fingerprint density at radius 2 is 1.94 bits per heavy atom. The lowest BCUT2D eigenvalue weighted by Crippen LogP contribution is -2.20. The van der Waals surface area contributed by atoms with Crippen LogP contribution in [0.5, 0.6) is 0 Å². The van der Waals surface area contributed by atoms with Crippen LogP contribution in [0.3, 0.4) is 0 Å². The smallest absolute Gasteiger partial charge is 0.312 e. The summed E-state index contributed by atoms with van der Waals surface area (Å²) in [5.74, 6) is 0.457. The summed E-state index contributed by atoms with van der Waals surface area (Å²) in [6.45, 7) is 3.92. The second-order valence-corrected chi connectivity index (χ2v) is 4.46. The van der Waals surface area contributed by atoms with Gasteiger partial charge in [0, 0.05) is 5.02 Å². The van der Waals surface area contributed by atoms with Crippen LogP contribution in [-0.2, 0) is 5.41 Å². The Morgan fingerprint density at radius 3 is 2.50 bits per heavy atom. The Hall–Kier alpha value is -1.55. The number of nitrogens with zero attached hydrogens (tertiary/aromatic N) is 2. The van der Waals surface area contributed by atoms with Gasteiger partial charge in [-0.1, -0.05) is 34.9 Å². The molecule has 0 atom stereocenters. The van der Waals surface area contributed by atoms with Crippen LogP contribution >= 0.6 is 11.6 Å². The number of aromatic nitrogens is 2. The lowest BCUT2D eigenvalue weighted by atomic mass is 9.84. The van der Waals surface area contributed by atoms with Crippen molar-refractivity contribution in [2.45, 2.75) is 19.3 Å². The standard InChI is InChI=1S/C11H12ClN3O/c1-11(2,9-14-15-10(13)16-9)7-5-3-4-6-8(7)12/h3-6H,1-2H3,(H2,13,15). The molecule has 4 nitrogen and oxygen atoms in total. The molecule has 0 amide bonds. The Labute approximate surface area is 98.4 Å². The van der Waals surface area contributed by atoms with Crippen molar-refractivity contribution in [3.8, 4) is 0 Å². The number of anilines is 1. The van der Waals surface area contributed by atoms with Gasteiger partial charge in [-0.3, -0.25) is 0 Å². The molecule has 0 bridgehead atoms. The highest BCUT2D eigenvalue weighted by Gasteiger charge is 2.31. The quantitative estimate of drug-likeness (QED) is 0.872. The van der Waals surface area contributed by atoms with Gasteiger partial charge in [-0.15, -0.1) is 5.10 Å². The average molecular weight is 238 g/mol. The molecule has 0 aliphatic carbocycles. The van der Waals surface area contributed by atoms with Gasteiger partial charge in [0.05, 0.1) is 5.41 Å². The van der Waals surface area contributed by atoms with Crippen molar-refractivity contribution in [1.29, 1.82) is 0 Å². The second-order valence-electron chi connectivity index (χ2n) is 4.05. The van der Waals surface area contributed by atoms with Gasteiger partial charge in [0.2, 0.25) is 5.89 Å². The molecule has 0 fully saturated rings. The van der Waals surface area contributed by atoms with Crippen molar-refractivity contribution in [3.63, 3.8) is 0 Å². The summed E-state index contributed by atoms with van der Waals surface area (Å²) < 4.78 is 5.25. The van der Waals surface area contributed by atoms with Crippen LogP contribution in [-0.4, -0.2) is 10.2 Å². The minimum absolute atomic E-state index is 0.0649. The number of nitrogens with two attached hydrogens (primary N) is 1. The van der Waals surface area contributed by atoms with E-state index in [1.807, 2.05) is 38.1 Å². The summed E-state index contributed by atoms with van der Waals surface area (Å²) >= 11 is 6.14. The topological polar surface area (TPSA) is 64.9 Å². The highest BCUT2D eigenvalue weighted by atomic mass is 35.5. The Bertz CT molecular complexity index is 507. The minimum atomic E-state index is -0.455. The highest BCUT2D eigenvalue weighted by Crippen LogP contribution is 2.34. The molecule has 2 rings (SSSR count). The zero-order valence-corrected chi connectivity index (χ0v) is 9.82. The molecule has 0 radical (unpaired) electrons. The molecule has 1 aromatic heterocycles. The molecule has 0 aliphatic heterocycles. The van der Waals surface area contributed by atoms with E-state index < -0.39 is 5.41 Å². The third-order valence-corrected chi connectivity index (χ3v) is 2.85. The summed E-state index contributed by atoms with van der Waals surface area (Å²) in [7, 11) is 0. The predicted molar refractivity (Wildman–Crippen MR) is 62.3 cm³/mol. The summed E-state index contributed by atoms with van der Waals surface area (Å²) in [5, 5.41) is 8.23. The zero-order valence-electron chi connectivity index (χ0n) is 9.07. The van der Waals surface area contributed by atoms with E-state index in [2.05, 4.69) is 10.2 Å². The molecule has 84 valence electrons. The van der Waals surface area contributed by atoms with Crippen molar-refractivity contribution < 1.29 is 4.42 Å². The van der Waals surface area contributed by atoms with E-state index in [9.17, 15) is 0 Å². The number of benzene rings is 1. The molecule has 2 N–H and O–H groups in total. The summed E-state index contributed by atoms with van der Waals surface area (Å²) in [6.07, 6.45) is 0. The van der Waals surface area contributed by atoms with Gasteiger partial charge < -0.3 is 10.2 Å². The molecule has 2 aromatic rings. The first-order valence-corrected chi connectivity index (χ1v) is 5.24. The molecule has 0 saturated carbocycles.